The molecule has 1 fully saturated rings. The van der Waals surface area contributed by atoms with Gasteiger partial charge in [0.25, 0.3) is 0 Å². The zero-order valence-electron chi connectivity index (χ0n) is 21.9. The summed E-state index contributed by atoms with van der Waals surface area (Å²) in [6.45, 7) is 4.17. The van der Waals surface area contributed by atoms with Gasteiger partial charge in [-0.25, -0.2) is 4.79 Å². The fourth-order valence-electron chi connectivity index (χ4n) is 4.47. The van der Waals surface area contributed by atoms with Crippen LogP contribution in [0.4, 0.5) is 0 Å². The van der Waals surface area contributed by atoms with Crippen molar-refractivity contribution in [1.29, 1.82) is 0 Å². The van der Waals surface area contributed by atoms with E-state index < -0.39 is 66.3 Å². The summed E-state index contributed by atoms with van der Waals surface area (Å²) in [4.78, 5) is 61.1. The minimum Gasteiger partial charge on any atom is -0.463 e. The Labute approximate surface area is 231 Å². The minimum absolute atomic E-state index is 0.143. The van der Waals surface area contributed by atoms with Crippen molar-refractivity contribution in [2.24, 2.45) is 0 Å². The van der Waals surface area contributed by atoms with E-state index in [0.29, 0.717) is 10.3 Å². The number of benzene rings is 1. The lowest BCUT2D eigenvalue weighted by atomic mass is 9.81. The van der Waals surface area contributed by atoms with Crippen LogP contribution in [-0.2, 0) is 48.5 Å². The van der Waals surface area contributed by atoms with E-state index in [-0.39, 0.29) is 11.3 Å². The molecule has 1 aromatic carbocycles. The molecule has 5 atom stereocenters. The molecule has 0 aliphatic carbocycles. The third kappa shape index (κ3) is 6.15. The highest BCUT2D eigenvalue weighted by Crippen LogP contribution is 2.47. The number of rotatable bonds is 8. The molecular formula is C27H26O12S. The van der Waals surface area contributed by atoms with Gasteiger partial charge in [0.05, 0.1) is 4.88 Å². The molecule has 212 valence electrons. The van der Waals surface area contributed by atoms with Crippen molar-refractivity contribution in [3.05, 3.63) is 63.1 Å². The van der Waals surface area contributed by atoms with Crippen molar-refractivity contribution in [2.45, 2.75) is 57.9 Å². The van der Waals surface area contributed by atoms with E-state index in [1.807, 2.05) is 0 Å². The molecule has 0 N–H and O–H groups in total. The third-order valence-electron chi connectivity index (χ3n) is 5.84. The molecule has 0 saturated carbocycles. The molecule has 1 aliphatic rings. The van der Waals surface area contributed by atoms with Gasteiger partial charge in [0.15, 0.2) is 6.10 Å². The second-order valence-electron chi connectivity index (χ2n) is 8.84. The Morgan fingerprint density at radius 3 is 2.23 bits per heavy atom. The van der Waals surface area contributed by atoms with Crippen molar-refractivity contribution in [2.75, 3.05) is 6.61 Å². The van der Waals surface area contributed by atoms with Crippen LogP contribution in [-0.4, -0.2) is 55.1 Å². The summed E-state index contributed by atoms with van der Waals surface area (Å²) in [7, 11) is 0. The number of hydrogen-bond donors (Lipinski definition) is 0. The van der Waals surface area contributed by atoms with Gasteiger partial charge in [-0.05, 0) is 29.6 Å². The quantitative estimate of drug-likeness (QED) is 0.221. The van der Waals surface area contributed by atoms with E-state index in [4.69, 9.17) is 32.8 Å². The Morgan fingerprint density at radius 2 is 1.60 bits per heavy atom. The number of esters is 4. The topological polar surface area (TPSA) is 154 Å². The lowest BCUT2D eigenvalue weighted by molar-refractivity contribution is -0.325. The van der Waals surface area contributed by atoms with Gasteiger partial charge in [-0.15, -0.1) is 11.3 Å². The van der Waals surface area contributed by atoms with Crippen molar-refractivity contribution >= 4 is 46.2 Å². The molecule has 3 heterocycles. The maximum Gasteiger partial charge on any atom is 0.336 e. The first-order chi connectivity index (χ1) is 19.0. The lowest BCUT2D eigenvalue weighted by Gasteiger charge is -2.51. The molecule has 0 spiro atoms. The number of carbonyl (C=O) groups excluding carboxylic acids is 4. The van der Waals surface area contributed by atoms with Crippen LogP contribution in [0.25, 0.3) is 11.0 Å². The normalized spacial score (nSPS) is 24.1. The first-order valence-electron chi connectivity index (χ1n) is 12.1. The van der Waals surface area contributed by atoms with Gasteiger partial charge in [-0.1, -0.05) is 6.07 Å². The zero-order chi connectivity index (χ0) is 29.0. The van der Waals surface area contributed by atoms with Crippen LogP contribution in [0.5, 0.6) is 5.75 Å². The molecule has 40 heavy (non-hydrogen) atoms. The largest absolute Gasteiger partial charge is 0.463 e. The number of hydrogen-bond acceptors (Lipinski definition) is 13. The van der Waals surface area contributed by atoms with E-state index in [1.165, 1.54) is 19.1 Å². The SMILES string of the molecule is CC(=O)OC[C@H]1O[C@H](Oc2ccc3ccc(=O)oc3c2)[C@H](OC(C)=O)[C@](OC(C)=O)(c2cccs2)[C@@H]1OC(C)=O. The van der Waals surface area contributed by atoms with Crippen molar-refractivity contribution < 1.29 is 52.0 Å². The lowest BCUT2D eigenvalue weighted by Crippen LogP contribution is -2.69. The molecule has 0 unspecified atom stereocenters. The zero-order valence-corrected chi connectivity index (χ0v) is 22.8. The number of fused-ring (bicyclic) bond motifs is 1. The van der Waals surface area contributed by atoms with Gasteiger partial charge < -0.3 is 32.8 Å². The molecule has 4 rings (SSSR count). The van der Waals surface area contributed by atoms with Crippen LogP contribution in [0.1, 0.15) is 32.6 Å². The summed E-state index contributed by atoms with van der Waals surface area (Å²) in [6, 6.07) is 10.7. The maximum absolute atomic E-state index is 12.6. The molecular weight excluding hydrogens is 548 g/mol. The van der Waals surface area contributed by atoms with Crippen molar-refractivity contribution in [3.8, 4) is 5.75 Å². The third-order valence-corrected chi connectivity index (χ3v) is 6.84. The second kappa shape index (κ2) is 11.9. The average molecular weight is 575 g/mol. The first-order valence-corrected chi connectivity index (χ1v) is 12.9. The van der Waals surface area contributed by atoms with Gasteiger partial charge in [-0.3, -0.25) is 19.2 Å². The fourth-order valence-corrected chi connectivity index (χ4v) is 5.39. The molecule has 0 amide bonds. The number of ether oxygens (including phenoxy) is 6. The summed E-state index contributed by atoms with van der Waals surface area (Å²) in [5, 5.41) is 2.30. The predicted molar refractivity (Wildman–Crippen MR) is 137 cm³/mol. The standard InChI is InChI=1S/C27H26O12S/c1-14(28)33-13-21-24(34-15(2)29)27(39-17(4)31,22-6-5-11-40-22)25(35-16(3)30)26(38-21)36-19-9-7-18-8-10-23(32)37-20(18)12-19/h5-12,21,24-26H,13H2,1-4H3/t21-,24-,25+,26+,27+/m1/s1. The first kappa shape index (κ1) is 28.8. The van der Waals surface area contributed by atoms with E-state index in [0.717, 1.165) is 32.1 Å². The minimum atomic E-state index is -1.98. The van der Waals surface area contributed by atoms with E-state index in [9.17, 15) is 24.0 Å². The summed E-state index contributed by atoms with van der Waals surface area (Å²) >= 11 is 1.14. The van der Waals surface area contributed by atoms with Crippen LogP contribution in [0.2, 0.25) is 0 Å². The highest BCUT2D eigenvalue weighted by Gasteiger charge is 2.66. The summed E-state index contributed by atoms with van der Waals surface area (Å²) in [5.74, 6) is -2.84. The van der Waals surface area contributed by atoms with Crippen LogP contribution in [0.3, 0.4) is 0 Å². The number of thiophene rings is 1. The molecule has 0 bridgehead atoms. The Hall–Kier alpha value is -4.23. The average Bonchev–Trinajstić information content (AvgIpc) is 3.41. The smallest absolute Gasteiger partial charge is 0.336 e. The molecule has 1 aliphatic heterocycles. The van der Waals surface area contributed by atoms with Crippen LogP contribution in [0, 0.1) is 0 Å². The molecule has 0 radical (unpaired) electrons. The van der Waals surface area contributed by atoms with E-state index in [2.05, 4.69) is 0 Å². The van der Waals surface area contributed by atoms with Gasteiger partial charge in [0.2, 0.25) is 18.0 Å². The van der Waals surface area contributed by atoms with Crippen molar-refractivity contribution in [1.82, 2.24) is 0 Å². The van der Waals surface area contributed by atoms with Gasteiger partial charge in [0, 0.05) is 45.2 Å². The monoisotopic (exact) mass is 574 g/mol. The number of carbonyl (C=O) groups is 4. The highest BCUT2D eigenvalue weighted by molar-refractivity contribution is 7.10. The Balaban J connectivity index is 1.90. The Morgan fingerprint density at radius 1 is 0.900 bits per heavy atom. The molecule has 1 saturated heterocycles. The summed E-state index contributed by atoms with van der Waals surface area (Å²) in [5.41, 5.74) is -2.34. The Bertz CT molecular complexity index is 1460. The molecule has 12 nitrogen and oxygen atoms in total. The van der Waals surface area contributed by atoms with E-state index in [1.54, 1.807) is 35.7 Å². The summed E-state index contributed by atoms with van der Waals surface area (Å²) in [6.07, 6.45) is -5.70. The maximum atomic E-state index is 12.6. The second-order valence-corrected chi connectivity index (χ2v) is 9.79. The molecule has 2 aromatic heterocycles. The Kier molecular flexibility index (Phi) is 8.55. The van der Waals surface area contributed by atoms with Crippen molar-refractivity contribution in [3.63, 3.8) is 0 Å². The highest BCUT2D eigenvalue weighted by atomic mass is 32.1. The fraction of sp³-hybridized carbons (Fsp3) is 0.370. The predicted octanol–water partition coefficient (Wildman–Crippen LogP) is 2.84. The summed E-state index contributed by atoms with van der Waals surface area (Å²) < 4.78 is 39.9. The van der Waals surface area contributed by atoms with E-state index >= 15 is 0 Å². The van der Waals surface area contributed by atoms with Crippen LogP contribution in [0.15, 0.2) is 57.1 Å². The van der Waals surface area contributed by atoms with Gasteiger partial charge in [-0.2, -0.15) is 0 Å². The van der Waals surface area contributed by atoms with Gasteiger partial charge in [0.1, 0.15) is 24.0 Å². The van der Waals surface area contributed by atoms with Crippen LogP contribution >= 0.6 is 11.3 Å². The molecule has 13 heteroatoms. The van der Waals surface area contributed by atoms with Gasteiger partial charge >= 0.3 is 29.5 Å². The molecule has 3 aromatic rings. The van der Waals surface area contributed by atoms with Crippen LogP contribution < -0.4 is 10.4 Å².